The third-order valence-corrected chi connectivity index (χ3v) is 5.04. The van der Waals surface area contributed by atoms with E-state index in [-0.39, 0.29) is 0 Å². The van der Waals surface area contributed by atoms with E-state index in [1.54, 1.807) is 0 Å². The number of rotatable bonds is 16. The van der Waals surface area contributed by atoms with Crippen molar-refractivity contribution in [3.05, 3.63) is 35.9 Å². The van der Waals surface area contributed by atoms with Gasteiger partial charge < -0.3 is 0 Å². The van der Waals surface area contributed by atoms with Crippen LogP contribution in [0.3, 0.4) is 0 Å². The first-order chi connectivity index (χ1) is 11.8. The Morgan fingerprint density at radius 2 is 1.12 bits per heavy atom. The molecule has 0 atom stereocenters. The highest BCUT2D eigenvalue weighted by molar-refractivity contribution is 7.81. The first-order valence-electron chi connectivity index (χ1n) is 9.99. The number of Topliss-reactive ketones (excluding diaryl/α,β-unsaturated/α-hetero) is 1. The molecule has 0 saturated heterocycles. The lowest BCUT2D eigenvalue weighted by molar-refractivity contribution is -0.116. The quantitative estimate of drug-likeness (QED) is 0.257. The number of carbonyl (C=O) groups excluding carboxylic acids is 1. The summed E-state index contributed by atoms with van der Waals surface area (Å²) in [6.07, 6.45) is 17.9. The molecule has 0 radical (unpaired) electrons. The van der Waals surface area contributed by atoms with Gasteiger partial charge >= 0.3 is 0 Å². The summed E-state index contributed by atoms with van der Waals surface area (Å²) in [6.45, 7) is 0. The highest BCUT2D eigenvalue weighted by atomic mass is 32.1. The van der Waals surface area contributed by atoms with Crippen LogP contribution >= 0.6 is 12.6 Å². The van der Waals surface area contributed by atoms with Crippen molar-refractivity contribution in [2.75, 3.05) is 5.75 Å². The molecule has 1 nitrogen and oxygen atoms in total. The third-order valence-electron chi connectivity index (χ3n) is 4.69. The molecule has 1 rings (SSSR count). The molecule has 0 bridgehead atoms. The van der Waals surface area contributed by atoms with E-state index < -0.39 is 0 Å². The molecule has 1 aromatic carbocycles. The number of hydrogen-bond donors (Lipinski definition) is 1. The lowest BCUT2D eigenvalue weighted by atomic mass is 10.0. The Kier molecular flexibility index (Phi) is 14.0. The second-order valence-corrected chi connectivity index (χ2v) is 7.24. The maximum Gasteiger partial charge on any atom is 0.142 e. The molecule has 0 aliphatic heterocycles. The Labute approximate surface area is 155 Å². The first-order valence-corrected chi connectivity index (χ1v) is 10.6. The SMILES string of the molecule is O=C(CS)CCCCCCCCCCCCCCc1ccccc1. The summed E-state index contributed by atoms with van der Waals surface area (Å²) >= 11 is 4.00. The smallest absolute Gasteiger partial charge is 0.142 e. The van der Waals surface area contributed by atoms with Crippen LogP contribution in [0.4, 0.5) is 0 Å². The summed E-state index contributed by atoms with van der Waals surface area (Å²) in [4.78, 5) is 11.1. The molecule has 0 amide bonds. The third kappa shape index (κ3) is 12.6. The molecule has 0 aliphatic rings. The highest BCUT2D eigenvalue weighted by Crippen LogP contribution is 2.13. The van der Waals surface area contributed by atoms with Gasteiger partial charge in [0.15, 0.2) is 0 Å². The van der Waals surface area contributed by atoms with Crippen LogP contribution in [0.15, 0.2) is 30.3 Å². The van der Waals surface area contributed by atoms with Crippen molar-refractivity contribution in [1.82, 2.24) is 0 Å². The molecule has 2 heteroatoms. The van der Waals surface area contributed by atoms with E-state index in [0.29, 0.717) is 11.5 Å². The van der Waals surface area contributed by atoms with Gasteiger partial charge in [-0.2, -0.15) is 12.6 Å². The molecule has 1 aromatic rings. The minimum absolute atomic E-state index is 0.294. The van der Waals surface area contributed by atoms with Crippen molar-refractivity contribution in [2.24, 2.45) is 0 Å². The molecular formula is C22H36OS. The zero-order valence-electron chi connectivity index (χ0n) is 15.3. The molecule has 0 unspecified atom stereocenters. The van der Waals surface area contributed by atoms with Crippen molar-refractivity contribution in [1.29, 1.82) is 0 Å². The van der Waals surface area contributed by atoms with Crippen LogP contribution in [0.5, 0.6) is 0 Å². The predicted octanol–water partition coefficient (Wildman–Crippen LogP) is 6.80. The van der Waals surface area contributed by atoms with Crippen LogP contribution in [0.2, 0.25) is 0 Å². The number of hydrogen-bond acceptors (Lipinski definition) is 2. The summed E-state index contributed by atoms with van der Waals surface area (Å²) in [5.74, 6) is 0.703. The Balaban J connectivity index is 1.74. The number of ketones is 1. The van der Waals surface area contributed by atoms with Crippen LogP contribution in [-0.4, -0.2) is 11.5 Å². The van der Waals surface area contributed by atoms with Gasteiger partial charge in [-0.1, -0.05) is 94.5 Å². The summed E-state index contributed by atoms with van der Waals surface area (Å²) in [6, 6.07) is 10.8. The molecule has 136 valence electrons. The maximum absolute atomic E-state index is 11.1. The van der Waals surface area contributed by atoms with Gasteiger partial charge in [0.05, 0.1) is 0 Å². The van der Waals surface area contributed by atoms with Crippen LogP contribution in [0, 0.1) is 0 Å². The van der Waals surface area contributed by atoms with Crippen molar-refractivity contribution >= 4 is 18.4 Å². The van der Waals surface area contributed by atoms with Crippen LogP contribution in [0.1, 0.15) is 89.0 Å². The standard InChI is InChI=1S/C22H36OS/c23-22(20-24)19-15-10-8-6-4-2-1-3-5-7-9-12-16-21-17-13-11-14-18-21/h11,13-14,17-18,24H,1-10,12,15-16,19-20H2. The van der Waals surface area contributed by atoms with Gasteiger partial charge in [0, 0.05) is 12.2 Å². The maximum atomic E-state index is 11.1. The van der Waals surface area contributed by atoms with Crippen molar-refractivity contribution in [3.63, 3.8) is 0 Å². The van der Waals surface area contributed by atoms with Crippen molar-refractivity contribution in [3.8, 4) is 0 Å². The van der Waals surface area contributed by atoms with Gasteiger partial charge in [-0.15, -0.1) is 0 Å². The van der Waals surface area contributed by atoms with Crippen molar-refractivity contribution in [2.45, 2.75) is 89.9 Å². The van der Waals surface area contributed by atoms with Gasteiger partial charge in [0.25, 0.3) is 0 Å². The largest absolute Gasteiger partial charge is 0.299 e. The zero-order valence-corrected chi connectivity index (χ0v) is 16.2. The van der Waals surface area contributed by atoms with Gasteiger partial charge in [-0.3, -0.25) is 4.79 Å². The first kappa shape index (κ1) is 21.3. The number of unbranched alkanes of at least 4 members (excludes halogenated alkanes) is 11. The Hall–Kier alpha value is -0.760. The van der Waals surface area contributed by atoms with E-state index in [1.807, 2.05) is 0 Å². The normalized spacial score (nSPS) is 10.9. The van der Waals surface area contributed by atoms with E-state index in [9.17, 15) is 4.79 Å². The minimum Gasteiger partial charge on any atom is -0.299 e. The molecular weight excluding hydrogens is 312 g/mol. The topological polar surface area (TPSA) is 17.1 Å². The lowest BCUT2D eigenvalue weighted by Gasteiger charge is -2.03. The summed E-state index contributed by atoms with van der Waals surface area (Å²) in [7, 11) is 0. The monoisotopic (exact) mass is 348 g/mol. The Morgan fingerprint density at radius 1 is 0.667 bits per heavy atom. The van der Waals surface area contributed by atoms with Crippen molar-refractivity contribution < 1.29 is 4.79 Å². The van der Waals surface area contributed by atoms with Gasteiger partial charge in [-0.05, 0) is 24.8 Å². The molecule has 0 aromatic heterocycles. The minimum atomic E-state index is 0.294. The number of benzene rings is 1. The van der Waals surface area contributed by atoms with E-state index in [4.69, 9.17) is 0 Å². The second kappa shape index (κ2) is 15.7. The van der Waals surface area contributed by atoms with Crippen LogP contribution in [-0.2, 0) is 11.2 Å². The molecule has 0 N–H and O–H groups in total. The summed E-state index contributed by atoms with van der Waals surface area (Å²) in [5, 5.41) is 0. The molecule has 0 aliphatic carbocycles. The summed E-state index contributed by atoms with van der Waals surface area (Å²) < 4.78 is 0. The fourth-order valence-corrected chi connectivity index (χ4v) is 3.30. The van der Waals surface area contributed by atoms with Gasteiger partial charge in [0.1, 0.15) is 5.78 Å². The fourth-order valence-electron chi connectivity index (χ4n) is 3.14. The lowest BCUT2D eigenvalue weighted by Crippen LogP contribution is -1.98. The molecule has 0 heterocycles. The van der Waals surface area contributed by atoms with E-state index >= 15 is 0 Å². The molecule has 24 heavy (non-hydrogen) atoms. The average Bonchev–Trinajstić information content (AvgIpc) is 2.62. The summed E-state index contributed by atoms with van der Waals surface area (Å²) in [5.41, 5.74) is 1.48. The van der Waals surface area contributed by atoms with Gasteiger partial charge in [-0.25, -0.2) is 0 Å². The van der Waals surface area contributed by atoms with Crippen LogP contribution < -0.4 is 0 Å². The fraction of sp³-hybridized carbons (Fsp3) is 0.682. The molecule has 0 fully saturated rings. The van der Waals surface area contributed by atoms with E-state index in [1.165, 1.54) is 82.6 Å². The number of thiol groups is 1. The van der Waals surface area contributed by atoms with E-state index in [0.717, 1.165) is 12.8 Å². The number of aryl methyl sites for hydroxylation is 1. The highest BCUT2D eigenvalue weighted by Gasteiger charge is 1.98. The Morgan fingerprint density at radius 3 is 1.62 bits per heavy atom. The number of carbonyl (C=O) groups is 1. The van der Waals surface area contributed by atoms with Crippen LogP contribution in [0.25, 0.3) is 0 Å². The zero-order chi connectivity index (χ0) is 17.3. The molecule has 0 saturated carbocycles. The van der Waals surface area contributed by atoms with E-state index in [2.05, 4.69) is 43.0 Å². The average molecular weight is 349 g/mol. The van der Waals surface area contributed by atoms with Gasteiger partial charge in [0.2, 0.25) is 0 Å². The second-order valence-electron chi connectivity index (χ2n) is 6.93. The predicted molar refractivity (Wildman–Crippen MR) is 109 cm³/mol. The molecule has 0 spiro atoms. The Bertz CT molecular complexity index is 402.